The van der Waals surface area contributed by atoms with E-state index in [2.05, 4.69) is 21.2 Å². The number of amides is 2. The van der Waals surface area contributed by atoms with Crippen molar-refractivity contribution in [2.75, 3.05) is 11.9 Å². The molecule has 0 unspecified atom stereocenters. The lowest BCUT2D eigenvalue weighted by atomic mass is 10.1. The molecule has 1 saturated heterocycles. The monoisotopic (exact) mass is 576 g/mol. The van der Waals surface area contributed by atoms with Crippen LogP contribution in [0.2, 0.25) is 0 Å². The van der Waals surface area contributed by atoms with Gasteiger partial charge in [-0.3, -0.25) is 9.59 Å². The van der Waals surface area contributed by atoms with Crippen molar-refractivity contribution in [1.82, 2.24) is 14.7 Å². The zero-order valence-electron chi connectivity index (χ0n) is 20.9. The lowest BCUT2D eigenvalue weighted by Crippen LogP contribution is -2.32. The molecule has 2 heterocycles. The highest BCUT2D eigenvalue weighted by atomic mass is 79.9. The number of aromatic nitrogens is 2. The molecule has 4 aromatic rings. The Kier molecular flexibility index (Phi) is 7.40. The molecule has 0 spiro atoms. The maximum absolute atomic E-state index is 13.7. The standard InChI is InChI=1S/C29H26BrFN4O3/c1-18-28(37)34(16-15-20-3-11-24(12-4-20)32-19(2)36)29(38-18)26-17-35(25-13-7-22(30)8-14-25)33-27(26)21-5-9-23(31)10-6-21/h3-14,17-18,29H,15-16H2,1-2H3,(H,32,36)/t18-,29+/m0/s1. The summed E-state index contributed by atoms with van der Waals surface area (Å²) in [6.45, 7) is 3.64. The molecule has 1 aliphatic heterocycles. The van der Waals surface area contributed by atoms with Gasteiger partial charge in [0.05, 0.1) is 5.69 Å². The van der Waals surface area contributed by atoms with Gasteiger partial charge in [-0.1, -0.05) is 28.1 Å². The number of hydrogen-bond donors (Lipinski definition) is 1. The first kappa shape index (κ1) is 25.8. The molecule has 5 rings (SSSR count). The summed E-state index contributed by atoms with van der Waals surface area (Å²) in [5.74, 6) is -0.573. The molecule has 38 heavy (non-hydrogen) atoms. The van der Waals surface area contributed by atoms with Gasteiger partial charge in [-0.05, 0) is 79.6 Å². The van der Waals surface area contributed by atoms with E-state index in [1.165, 1.54) is 19.1 Å². The number of anilines is 1. The highest BCUT2D eigenvalue weighted by Gasteiger charge is 2.40. The number of carbonyl (C=O) groups excluding carboxylic acids is 2. The van der Waals surface area contributed by atoms with Gasteiger partial charge in [0.15, 0.2) is 6.23 Å². The maximum atomic E-state index is 13.7. The fraction of sp³-hybridized carbons (Fsp3) is 0.207. The summed E-state index contributed by atoms with van der Waals surface area (Å²) in [4.78, 5) is 26.2. The SMILES string of the molecule is CC(=O)Nc1ccc(CCN2C(=O)[C@H](C)O[C@@H]2c2cn(-c3ccc(Br)cc3)nc2-c2ccc(F)cc2)cc1. The molecule has 194 valence electrons. The van der Waals surface area contributed by atoms with E-state index < -0.39 is 12.3 Å². The Labute approximate surface area is 228 Å². The average Bonchev–Trinajstić information content (AvgIpc) is 3.45. The molecular formula is C29H26BrFN4O3. The minimum Gasteiger partial charge on any atom is -0.341 e. The first-order chi connectivity index (χ1) is 18.3. The highest BCUT2D eigenvalue weighted by Crippen LogP contribution is 2.37. The van der Waals surface area contributed by atoms with Crippen molar-refractivity contribution in [3.8, 4) is 16.9 Å². The van der Waals surface area contributed by atoms with E-state index in [0.717, 1.165) is 32.5 Å². The molecule has 2 atom stereocenters. The molecule has 1 aromatic heterocycles. The second-order valence-electron chi connectivity index (χ2n) is 9.15. The van der Waals surface area contributed by atoms with Crippen molar-refractivity contribution in [1.29, 1.82) is 0 Å². The Morgan fingerprint density at radius 1 is 1.05 bits per heavy atom. The second-order valence-corrected chi connectivity index (χ2v) is 10.1. The van der Waals surface area contributed by atoms with Crippen LogP contribution in [0, 0.1) is 5.82 Å². The van der Waals surface area contributed by atoms with Crippen molar-refractivity contribution in [2.45, 2.75) is 32.6 Å². The van der Waals surface area contributed by atoms with Gasteiger partial charge in [-0.2, -0.15) is 5.10 Å². The summed E-state index contributed by atoms with van der Waals surface area (Å²) < 4.78 is 22.6. The normalized spacial score (nSPS) is 17.2. The fourth-order valence-electron chi connectivity index (χ4n) is 4.48. The third-order valence-corrected chi connectivity index (χ3v) is 6.91. The number of rotatable bonds is 7. The molecule has 3 aromatic carbocycles. The number of nitrogens with zero attached hydrogens (tertiary/aromatic N) is 3. The van der Waals surface area contributed by atoms with Crippen LogP contribution in [0.4, 0.5) is 10.1 Å². The molecule has 0 saturated carbocycles. The van der Waals surface area contributed by atoms with E-state index in [0.29, 0.717) is 18.7 Å². The predicted octanol–water partition coefficient (Wildman–Crippen LogP) is 5.89. The van der Waals surface area contributed by atoms with Crippen LogP contribution in [0.15, 0.2) is 83.5 Å². The molecule has 7 nitrogen and oxygen atoms in total. The fourth-order valence-corrected chi connectivity index (χ4v) is 4.74. The van der Waals surface area contributed by atoms with Gasteiger partial charge in [0.2, 0.25) is 5.91 Å². The Morgan fingerprint density at radius 2 is 1.74 bits per heavy atom. The van der Waals surface area contributed by atoms with Crippen LogP contribution in [0.1, 0.15) is 31.2 Å². The largest absolute Gasteiger partial charge is 0.341 e. The number of halogens is 2. The minimum absolute atomic E-state index is 0.105. The molecule has 0 aliphatic carbocycles. The van der Waals surface area contributed by atoms with E-state index in [4.69, 9.17) is 9.84 Å². The molecule has 0 radical (unpaired) electrons. The van der Waals surface area contributed by atoms with Crippen LogP contribution < -0.4 is 5.32 Å². The molecular weight excluding hydrogens is 551 g/mol. The highest BCUT2D eigenvalue weighted by molar-refractivity contribution is 9.10. The summed E-state index contributed by atoms with van der Waals surface area (Å²) in [6, 6.07) is 21.4. The Hall–Kier alpha value is -3.82. The van der Waals surface area contributed by atoms with Crippen LogP contribution in [0.25, 0.3) is 16.9 Å². The minimum atomic E-state index is -0.652. The van der Waals surface area contributed by atoms with Gasteiger partial charge in [-0.25, -0.2) is 9.07 Å². The van der Waals surface area contributed by atoms with E-state index in [9.17, 15) is 14.0 Å². The first-order valence-electron chi connectivity index (χ1n) is 12.2. The van der Waals surface area contributed by atoms with Crippen molar-refractivity contribution >= 4 is 33.4 Å². The van der Waals surface area contributed by atoms with E-state index >= 15 is 0 Å². The van der Waals surface area contributed by atoms with Crippen LogP contribution in [-0.2, 0) is 20.7 Å². The van der Waals surface area contributed by atoms with Gasteiger partial charge in [-0.15, -0.1) is 0 Å². The Morgan fingerprint density at radius 3 is 2.39 bits per heavy atom. The number of carbonyl (C=O) groups is 2. The van der Waals surface area contributed by atoms with Crippen LogP contribution in [0.5, 0.6) is 0 Å². The maximum Gasteiger partial charge on any atom is 0.253 e. The smallest absolute Gasteiger partial charge is 0.253 e. The van der Waals surface area contributed by atoms with E-state index in [1.54, 1.807) is 28.6 Å². The molecule has 1 fully saturated rings. The van der Waals surface area contributed by atoms with Crippen LogP contribution in [-0.4, -0.2) is 39.1 Å². The Bertz CT molecular complexity index is 1450. The summed E-state index contributed by atoms with van der Waals surface area (Å²) in [6.07, 6.45) is 1.21. The number of hydrogen-bond acceptors (Lipinski definition) is 4. The quantitative estimate of drug-likeness (QED) is 0.298. The zero-order valence-corrected chi connectivity index (χ0v) is 22.5. The lowest BCUT2D eigenvalue weighted by molar-refractivity contribution is -0.130. The molecule has 1 aliphatic rings. The third-order valence-electron chi connectivity index (χ3n) is 6.38. The summed E-state index contributed by atoms with van der Waals surface area (Å²) >= 11 is 3.46. The zero-order chi connectivity index (χ0) is 26.8. The summed E-state index contributed by atoms with van der Waals surface area (Å²) in [7, 11) is 0. The van der Waals surface area contributed by atoms with Crippen molar-refractivity contribution in [3.63, 3.8) is 0 Å². The topological polar surface area (TPSA) is 76.5 Å². The van der Waals surface area contributed by atoms with Gasteiger partial charge in [0, 0.05) is 41.0 Å². The van der Waals surface area contributed by atoms with Gasteiger partial charge < -0.3 is 15.0 Å². The van der Waals surface area contributed by atoms with Gasteiger partial charge >= 0.3 is 0 Å². The van der Waals surface area contributed by atoms with Crippen molar-refractivity contribution in [2.24, 2.45) is 0 Å². The second kappa shape index (κ2) is 10.9. The van der Waals surface area contributed by atoms with Crippen molar-refractivity contribution in [3.05, 3.63) is 100 Å². The average molecular weight is 577 g/mol. The van der Waals surface area contributed by atoms with E-state index in [1.807, 2.05) is 54.7 Å². The van der Waals surface area contributed by atoms with Gasteiger partial charge in [0.1, 0.15) is 17.6 Å². The van der Waals surface area contributed by atoms with E-state index in [-0.39, 0.29) is 17.6 Å². The number of nitrogens with one attached hydrogen (secondary N) is 1. The predicted molar refractivity (Wildman–Crippen MR) is 146 cm³/mol. The van der Waals surface area contributed by atoms with Crippen LogP contribution in [0.3, 0.4) is 0 Å². The lowest BCUT2D eigenvalue weighted by Gasteiger charge is -2.23. The van der Waals surface area contributed by atoms with Crippen molar-refractivity contribution < 1.29 is 18.7 Å². The number of ether oxygens (including phenoxy) is 1. The molecule has 0 bridgehead atoms. The van der Waals surface area contributed by atoms with Crippen LogP contribution >= 0.6 is 15.9 Å². The van der Waals surface area contributed by atoms with Gasteiger partial charge in [0.25, 0.3) is 5.91 Å². The summed E-state index contributed by atoms with van der Waals surface area (Å²) in [5.41, 5.74) is 4.64. The number of benzene rings is 3. The molecule has 1 N–H and O–H groups in total. The first-order valence-corrected chi connectivity index (χ1v) is 13.0. The molecule has 9 heteroatoms. The third kappa shape index (κ3) is 5.54. The molecule has 2 amide bonds. The Balaban J connectivity index is 1.47. The summed E-state index contributed by atoms with van der Waals surface area (Å²) in [5, 5.41) is 7.57.